The Bertz CT molecular complexity index is 171. The van der Waals surface area contributed by atoms with Crippen LogP contribution in [0, 0.1) is 0 Å². The van der Waals surface area contributed by atoms with E-state index in [4.69, 9.17) is 69.6 Å². The maximum atomic E-state index is 11.5. The summed E-state index contributed by atoms with van der Waals surface area (Å²) in [7, 11) is -3.47. The predicted octanol–water partition coefficient (Wildman–Crippen LogP) is 4.63. The number of hydrogen-bond acceptors (Lipinski definition) is 1. The minimum atomic E-state index is -3.47. The van der Waals surface area contributed by atoms with Gasteiger partial charge < -0.3 is 4.57 Å². The van der Waals surface area contributed by atoms with Crippen LogP contribution >= 0.6 is 76.7 Å². The van der Waals surface area contributed by atoms with Crippen LogP contribution in [0.3, 0.4) is 0 Å². The summed E-state index contributed by atoms with van der Waals surface area (Å²) in [6, 6.07) is 0. The highest BCUT2D eigenvalue weighted by atomic mass is 35.6. The molecule has 0 unspecified atom stereocenters. The van der Waals surface area contributed by atoms with Crippen LogP contribution in [0.1, 0.15) is 0 Å². The molecule has 0 aliphatic heterocycles. The van der Waals surface area contributed by atoms with Gasteiger partial charge >= 0.3 is 0 Å². The maximum absolute atomic E-state index is 11.5. The van der Waals surface area contributed by atoms with Crippen LogP contribution in [0.4, 0.5) is 0 Å². The Morgan fingerprint density at radius 3 is 1.09 bits per heavy atom. The summed E-state index contributed by atoms with van der Waals surface area (Å²) in [5.74, 6) is 0. The normalized spacial score (nSPS) is 15.2. The Balaban J connectivity index is 4.92. The average Bonchev–Trinajstić information content (AvgIpc) is 1.58. The highest BCUT2D eigenvalue weighted by molar-refractivity contribution is 7.77. The standard InChI is InChI=1S/C3H3Cl6OP/c1-11(10,2(4,5)6)3(7,8)9/h1H3. The van der Waals surface area contributed by atoms with E-state index in [0.717, 1.165) is 6.66 Å². The molecular formula is C3H3Cl6OP. The second-order valence-corrected chi connectivity index (χ2v) is 11.2. The molecule has 0 amide bonds. The van der Waals surface area contributed by atoms with Crippen molar-refractivity contribution in [3.05, 3.63) is 0 Å². The minimum absolute atomic E-state index is 1.12. The molecular weight excluding hydrogens is 296 g/mol. The summed E-state index contributed by atoms with van der Waals surface area (Å²) in [5, 5.41) is 0. The van der Waals surface area contributed by atoms with Gasteiger partial charge in [0.2, 0.25) is 7.07 Å². The Morgan fingerprint density at radius 2 is 1.09 bits per heavy atom. The molecule has 0 heterocycles. The van der Waals surface area contributed by atoms with Gasteiger partial charge in [-0.1, -0.05) is 69.6 Å². The van der Waals surface area contributed by atoms with Crippen LogP contribution in [0.15, 0.2) is 0 Å². The van der Waals surface area contributed by atoms with Gasteiger partial charge in [-0.05, 0) is 6.66 Å². The highest BCUT2D eigenvalue weighted by Crippen LogP contribution is 2.74. The number of rotatable bonds is 0. The summed E-state index contributed by atoms with van der Waals surface area (Å²) in [6.07, 6.45) is 0. The van der Waals surface area contributed by atoms with E-state index in [0.29, 0.717) is 0 Å². The lowest BCUT2D eigenvalue weighted by molar-refractivity contribution is 0.579. The fourth-order valence-electron chi connectivity index (χ4n) is 0.144. The van der Waals surface area contributed by atoms with Gasteiger partial charge in [0, 0.05) is 0 Å². The molecule has 0 aliphatic rings. The van der Waals surface area contributed by atoms with E-state index < -0.39 is 14.2 Å². The fraction of sp³-hybridized carbons (Fsp3) is 1.00. The van der Waals surface area contributed by atoms with Crippen molar-refractivity contribution in [3.63, 3.8) is 0 Å². The third-order valence-corrected chi connectivity index (χ3v) is 8.71. The highest BCUT2D eigenvalue weighted by Gasteiger charge is 2.53. The number of halogens is 6. The monoisotopic (exact) mass is 296 g/mol. The van der Waals surface area contributed by atoms with E-state index in [9.17, 15) is 4.57 Å². The molecule has 0 saturated carbocycles. The zero-order valence-electron chi connectivity index (χ0n) is 5.12. The van der Waals surface area contributed by atoms with Crippen LogP contribution in [0.5, 0.6) is 0 Å². The fourth-order valence-corrected chi connectivity index (χ4v) is 3.88. The van der Waals surface area contributed by atoms with Crippen LogP contribution in [-0.4, -0.2) is 13.7 Å². The van der Waals surface area contributed by atoms with E-state index in [1.807, 2.05) is 0 Å². The zero-order chi connectivity index (χ0) is 9.50. The lowest BCUT2D eigenvalue weighted by Gasteiger charge is -2.26. The first kappa shape index (κ1) is 13.0. The second kappa shape index (κ2) is 3.61. The molecule has 1 nitrogen and oxygen atoms in total. The SMILES string of the molecule is CP(=O)(C(Cl)(Cl)Cl)C(Cl)(Cl)Cl. The van der Waals surface area contributed by atoms with Crippen LogP contribution < -0.4 is 0 Å². The summed E-state index contributed by atoms with van der Waals surface area (Å²) in [6.45, 7) is 1.12. The van der Waals surface area contributed by atoms with Crippen molar-refractivity contribution in [1.29, 1.82) is 0 Å². The molecule has 0 fully saturated rings. The van der Waals surface area contributed by atoms with E-state index in [1.165, 1.54) is 0 Å². The van der Waals surface area contributed by atoms with Crippen molar-refractivity contribution in [2.75, 3.05) is 6.66 Å². The van der Waals surface area contributed by atoms with Crippen molar-refractivity contribution in [3.8, 4) is 0 Å². The first-order chi connectivity index (χ1) is 4.50. The maximum Gasteiger partial charge on any atom is 0.246 e. The van der Waals surface area contributed by atoms with Crippen molar-refractivity contribution < 1.29 is 4.57 Å². The molecule has 0 spiro atoms. The number of alkyl halides is 6. The Hall–Kier alpha value is 1.97. The number of hydrogen-bond donors (Lipinski definition) is 0. The van der Waals surface area contributed by atoms with Gasteiger partial charge in [-0.25, -0.2) is 0 Å². The molecule has 0 aliphatic carbocycles. The van der Waals surface area contributed by atoms with Crippen molar-refractivity contribution in [2.24, 2.45) is 0 Å². The zero-order valence-corrected chi connectivity index (χ0v) is 10.6. The van der Waals surface area contributed by atoms with Gasteiger partial charge in [0.05, 0.1) is 0 Å². The van der Waals surface area contributed by atoms with Gasteiger partial charge in [0.15, 0.2) is 7.14 Å². The van der Waals surface area contributed by atoms with Crippen molar-refractivity contribution in [2.45, 2.75) is 7.07 Å². The first-order valence-corrected chi connectivity index (χ1v) is 6.63. The van der Waals surface area contributed by atoms with Crippen molar-refractivity contribution in [1.82, 2.24) is 0 Å². The summed E-state index contributed by atoms with van der Waals surface area (Å²) in [5.41, 5.74) is 0. The van der Waals surface area contributed by atoms with E-state index in [1.54, 1.807) is 0 Å². The quantitative estimate of drug-likeness (QED) is 0.470. The Morgan fingerprint density at radius 1 is 0.909 bits per heavy atom. The average molecular weight is 299 g/mol. The molecule has 68 valence electrons. The molecule has 0 bridgehead atoms. The molecule has 0 aromatic rings. The third kappa shape index (κ3) is 2.98. The molecule has 0 N–H and O–H groups in total. The third-order valence-electron chi connectivity index (χ3n) is 0.968. The Kier molecular flexibility index (Phi) is 4.26. The van der Waals surface area contributed by atoms with Crippen LogP contribution in [-0.2, 0) is 4.57 Å². The lowest BCUT2D eigenvalue weighted by atomic mass is 11.8. The van der Waals surface area contributed by atoms with Gasteiger partial charge in [0.1, 0.15) is 0 Å². The van der Waals surface area contributed by atoms with Gasteiger partial charge in [0.25, 0.3) is 0 Å². The van der Waals surface area contributed by atoms with E-state index in [2.05, 4.69) is 0 Å². The van der Waals surface area contributed by atoms with E-state index in [-0.39, 0.29) is 0 Å². The summed E-state index contributed by atoms with van der Waals surface area (Å²) >= 11 is 31.9. The molecule has 0 atom stereocenters. The van der Waals surface area contributed by atoms with Crippen LogP contribution in [0.2, 0.25) is 0 Å². The van der Waals surface area contributed by atoms with Gasteiger partial charge in [-0.15, -0.1) is 0 Å². The summed E-state index contributed by atoms with van der Waals surface area (Å²) in [4.78, 5) is 0. The van der Waals surface area contributed by atoms with Crippen molar-refractivity contribution >= 4 is 76.7 Å². The predicted molar refractivity (Wildman–Crippen MR) is 54.1 cm³/mol. The molecule has 8 heteroatoms. The summed E-state index contributed by atoms with van der Waals surface area (Å²) < 4.78 is 7.38. The Labute approximate surface area is 94.6 Å². The topological polar surface area (TPSA) is 17.1 Å². The van der Waals surface area contributed by atoms with Gasteiger partial charge in [-0.3, -0.25) is 0 Å². The molecule has 0 aromatic carbocycles. The molecule has 0 saturated heterocycles. The second-order valence-electron chi connectivity index (χ2n) is 1.86. The molecule has 0 aromatic heterocycles. The largest absolute Gasteiger partial charge is 0.315 e. The molecule has 0 radical (unpaired) electrons. The minimum Gasteiger partial charge on any atom is -0.315 e. The lowest BCUT2D eigenvalue weighted by Crippen LogP contribution is -2.15. The van der Waals surface area contributed by atoms with Gasteiger partial charge in [-0.2, -0.15) is 0 Å². The molecule has 11 heavy (non-hydrogen) atoms. The van der Waals surface area contributed by atoms with Crippen LogP contribution in [0.25, 0.3) is 0 Å². The molecule has 0 rings (SSSR count). The smallest absolute Gasteiger partial charge is 0.246 e. The van der Waals surface area contributed by atoms with E-state index >= 15 is 0 Å². The first-order valence-electron chi connectivity index (χ1n) is 2.21.